The quantitative estimate of drug-likeness (QED) is 0.860. The average Bonchev–Trinajstić information content (AvgIpc) is 2.69. The predicted octanol–water partition coefficient (Wildman–Crippen LogP) is 3.32. The fourth-order valence-corrected chi connectivity index (χ4v) is 2.02. The first kappa shape index (κ1) is 16.3. The normalized spacial score (nSPS) is 13.8. The van der Waals surface area contributed by atoms with E-state index in [9.17, 15) is 30.7 Å². The third-order valence-electron chi connectivity index (χ3n) is 3.11. The van der Waals surface area contributed by atoms with E-state index in [1.807, 2.05) is 0 Å². The molecule has 2 N–H and O–H groups in total. The summed E-state index contributed by atoms with van der Waals surface area (Å²) in [4.78, 5) is 6.68. The van der Waals surface area contributed by atoms with E-state index in [4.69, 9.17) is 5.73 Å². The highest BCUT2D eigenvalue weighted by atomic mass is 19.4. The SMILES string of the molecule is CCn1c(N)nc2cnc(C(F)(C(F)(F)F)C(F)(F)F)cc21. The Morgan fingerprint density at radius 3 is 2.09 bits per heavy atom. The zero-order chi connectivity index (χ0) is 16.9. The molecule has 0 atom stereocenters. The van der Waals surface area contributed by atoms with Crippen molar-refractivity contribution in [3.05, 3.63) is 18.0 Å². The van der Waals surface area contributed by atoms with Gasteiger partial charge in [0.1, 0.15) is 5.52 Å². The monoisotopic (exact) mass is 330 g/mol. The minimum absolute atomic E-state index is 0.0326. The molecule has 0 aliphatic heterocycles. The first-order chi connectivity index (χ1) is 9.93. The Hall–Kier alpha value is -2.07. The Morgan fingerprint density at radius 1 is 1.09 bits per heavy atom. The number of nitrogens with zero attached hydrogens (tertiary/aromatic N) is 3. The number of anilines is 1. The minimum Gasteiger partial charge on any atom is -0.369 e. The van der Waals surface area contributed by atoms with Gasteiger partial charge in [-0.1, -0.05) is 0 Å². The maximum atomic E-state index is 13.9. The van der Waals surface area contributed by atoms with Crippen molar-refractivity contribution in [3.63, 3.8) is 0 Å². The lowest BCUT2D eigenvalue weighted by Crippen LogP contribution is -2.50. The van der Waals surface area contributed by atoms with Crippen LogP contribution in [0.25, 0.3) is 11.0 Å². The zero-order valence-corrected chi connectivity index (χ0v) is 10.9. The van der Waals surface area contributed by atoms with Crippen LogP contribution in [-0.4, -0.2) is 26.9 Å². The van der Waals surface area contributed by atoms with Crippen molar-refractivity contribution in [2.45, 2.75) is 31.5 Å². The van der Waals surface area contributed by atoms with Crippen LogP contribution in [-0.2, 0) is 12.2 Å². The molecule has 0 radical (unpaired) electrons. The van der Waals surface area contributed by atoms with Crippen molar-refractivity contribution in [1.29, 1.82) is 0 Å². The number of alkyl halides is 7. The first-order valence-corrected chi connectivity index (χ1v) is 5.88. The van der Waals surface area contributed by atoms with Gasteiger partial charge < -0.3 is 10.3 Å². The first-order valence-electron chi connectivity index (χ1n) is 5.88. The molecular weight excluding hydrogens is 321 g/mol. The Kier molecular flexibility index (Phi) is 3.49. The van der Waals surface area contributed by atoms with Gasteiger partial charge in [-0.05, 0) is 13.0 Å². The molecule has 0 bridgehead atoms. The number of imidazole rings is 1. The number of aryl methyl sites for hydroxylation is 1. The second-order valence-corrected chi connectivity index (χ2v) is 4.43. The number of hydrogen-bond acceptors (Lipinski definition) is 3. The highest BCUT2D eigenvalue weighted by molar-refractivity contribution is 5.78. The predicted molar refractivity (Wildman–Crippen MR) is 62.5 cm³/mol. The summed E-state index contributed by atoms with van der Waals surface area (Å²) in [6, 6.07) is 0.364. The second-order valence-electron chi connectivity index (χ2n) is 4.43. The van der Waals surface area contributed by atoms with E-state index in [1.165, 1.54) is 0 Å². The van der Waals surface area contributed by atoms with Crippen molar-refractivity contribution in [1.82, 2.24) is 14.5 Å². The number of hydrogen-bond donors (Lipinski definition) is 1. The summed E-state index contributed by atoms with van der Waals surface area (Å²) < 4.78 is 91.2. The smallest absolute Gasteiger partial charge is 0.369 e. The van der Waals surface area contributed by atoms with Crippen LogP contribution in [0.2, 0.25) is 0 Å². The molecule has 4 nitrogen and oxygen atoms in total. The van der Waals surface area contributed by atoms with Gasteiger partial charge in [0, 0.05) is 6.54 Å². The summed E-state index contributed by atoms with van der Waals surface area (Å²) in [7, 11) is 0. The Bertz CT molecular complexity index is 687. The lowest BCUT2D eigenvalue weighted by Gasteiger charge is -2.29. The molecule has 0 saturated heterocycles. The van der Waals surface area contributed by atoms with Gasteiger partial charge in [-0.3, -0.25) is 4.98 Å². The molecule has 0 amide bonds. The van der Waals surface area contributed by atoms with Gasteiger partial charge in [0.25, 0.3) is 0 Å². The molecule has 2 aromatic rings. The fourth-order valence-electron chi connectivity index (χ4n) is 2.02. The molecule has 0 aromatic carbocycles. The molecule has 0 aliphatic rings. The van der Waals surface area contributed by atoms with Crippen LogP contribution in [0.15, 0.2) is 12.3 Å². The van der Waals surface area contributed by atoms with Gasteiger partial charge >= 0.3 is 18.0 Å². The summed E-state index contributed by atoms with van der Waals surface area (Å²) >= 11 is 0. The van der Waals surface area contributed by atoms with E-state index in [-0.39, 0.29) is 23.5 Å². The number of nitrogen functional groups attached to an aromatic ring is 1. The van der Waals surface area contributed by atoms with Gasteiger partial charge in [-0.15, -0.1) is 0 Å². The van der Waals surface area contributed by atoms with Crippen molar-refractivity contribution in [3.8, 4) is 0 Å². The third kappa shape index (κ3) is 2.15. The molecule has 0 saturated carbocycles. The second kappa shape index (κ2) is 4.71. The molecule has 0 aliphatic carbocycles. The third-order valence-corrected chi connectivity index (χ3v) is 3.11. The largest absolute Gasteiger partial charge is 0.437 e. The maximum absolute atomic E-state index is 13.9. The summed E-state index contributed by atoms with van der Waals surface area (Å²) in [6.07, 6.45) is -11.8. The van der Waals surface area contributed by atoms with Crippen molar-refractivity contribution in [2.75, 3.05) is 5.73 Å². The van der Waals surface area contributed by atoms with Crippen molar-refractivity contribution in [2.24, 2.45) is 0 Å². The van der Waals surface area contributed by atoms with Gasteiger partial charge in [0.15, 0.2) is 0 Å². The maximum Gasteiger partial charge on any atom is 0.437 e. The summed E-state index contributed by atoms with van der Waals surface area (Å²) in [5.74, 6) is -0.125. The molecule has 122 valence electrons. The van der Waals surface area contributed by atoms with Crippen LogP contribution >= 0.6 is 0 Å². The van der Waals surface area contributed by atoms with Crippen LogP contribution < -0.4 is 5.73 Å². The number of halogens is 7. The van der Waals surface area contributed by atoms with Gasteiger partial charge in [0.05, 0.1) is 17.4 Å². The summed E-state index contributed by atoms with van der Waals surface area (Å²) in [5, 5.41) is 0. The van der Waals surface area contributed by atoms with Crippen molar-refractivity contribution < 1.29 is 30.7 Å². The van der Waals surface area contributed by atoms with Crippen LogP contribution in [0, 0.1) is 0 Å². The summed E-state index contributed by atoms with van der Waals surface area (Å²) in [6.45, 7) is 1.68. The van der Waals surface area contributed by atoms with E-state index >= 15 is 0 Å². The molecule has 0 unspecified atom stereocenters. The van der Waals surface area contributed by atoms with Gasteiger partial charge in [-0.25, -0.2) is 9.37 Å². The number of nitrogens with two attached hydrogens (primary N) is 1. The molecule has 11 heteroatoms. The Labute approximate surface area is 118 Å². The molecule has 0 fully saturated rings. The lowest BCUT2D eigenvalue weighted by molar-refractivity contribution is -0.349. The molecule has 22 heavy (non-hydrogen) atoms. The van der Waals surface area contributed by atoms with E-state index in [1.54, 1.807) is 6.92 Å². The molecule has 2 rings (SSSR count). The number of fused-ring (bicyclic) bond motifs is 1. The van der Waals surface area contributed by atoms with E-state index in [2.05, 4.69) is 9.97 Å². The minimum atomic E-state index is -6.21. The van der Waals surface area contributed by atoms with Gasteiger partial charge in [-0.2, -0.15) is 26.3 Å². The summed E-state index contributed by atoms with van der Waals surface area (Å²) in [5.41, 5.74) is -2.11. The number of pyridine rings is 1. The molecule has 2 heterocycles. The lowest BCUT2D eigenvalue weighted by atomic mass is 9.99. The van der Waals surface area contributed by atoms with E-state index < -0.39 is 23.7 Å². The average molecular weight is 330 g/mol. The Balaban J connectivity index is 2.76. The fraction of sp³-hybridized carbons (Fsp3) is 0.455. The van der Waals surface area contributed by atoms with E-state index in [0.29, 0.717) is 12.3 Å². The van der Waals surface area contributed by atoms with E-state index in [0.717, 1.165) is 4.57 Å². The molecule has 0 spiro atoms. The van der Waals surface area contributed by atoms with Crippen LogP contribution in [0.4, 0.5) is 36.7 Å². The van der Waals surface area contributed by atoms with Crippen LogP contribution in [0.5, 0.6) is 0 Å². The standard InChI is InChI=1S/C11H9F7N4/c1-2-22-6-3-7(20-4-5(6)21-8(22)19)9(12,10(13,14)15)11(16,17)18/h3-4H,2H2,1H3,(H2,19,21). The molecule has 2 aromatic heterocycles. The number of rotatable bonds is 2. The Morgan fingerprint density at radius 2 is 1.64 bits per heavy atom. The highest BCUT2D eigenvalue weighted by Crippen LogP contribution is 2.52. The van der Waals surface area contributed by atoms with Crippen molar-refractivity contribution >= 4 is 17.0 Å². The highest BCUT2D eigenvalue weighted by Gasteiger charge is 2.74. The topological polar surface area (TPSA) is 56.7 Å². The van der Waals surface area contributed by atoms with Crippen LogP contribution in [0.1, 0.15) is 12.6 Å². The van der Waals surface area contributed by atoms with Gasteiger partial charge in [0.2, 0.25) is 5.95 Å². The van der Waals surface area contributed by atoms with Crippen LogP contribution in [0.3, 0.4) is 0 Å². The molecular formula is C11H9F7N4. The number of aromatic nitrogens is 3. The zero-order valence-electron chi connectivity index (χ0n) is 10.9.